The molecule has 0 fully saturated rings. The van der Waals surface area contributed by atoms with E-state index in [0.717, 1.165) is 0 Å². The van der Waals surface area contributed by atoms with Gasteiger partial charge in [-0.2, -0.15) is 0 Å². The van der Waals surface area contributed by atoms with E-state index in [-0.39, 0.29) is 11.4 Å². The smallest absolute Gasteiger partial charge is 0.405 e. The second kappa shape index (κ2) is 4.64. The summed E-state index contributed by atoms with van der Waals surface area (Å²) < 4.78 is 10.5. The number of aliphatic hydroxyl groups is 1. The zero-order chi connectivity index (χ0) is 15.1. The molecule has 1 amide bonds. The Morgan fingerprint density at radius 2 is 2.20 bits per heavy atom. The van der Waals surface area contributed by atoms with E-state index in [1.54, 1.807) is 13.8 Å². The van der Waals surface area contributed by atoms with Crippen molar-refractivity contribution in [1.29, 1.82) is 0 Å². The van der Waals surface area contributed by atoms with Crippen LogP contribution in [-0.4, -0.2) is 27.8 Å². The topological polar surface area (TPSA) is 125 Å². The lowest BCUT2D eigenvalue weighted by atomic mass is 9.88. The zero-order valence-electron chi connectivity index (χ0n) is 10.9. The van der Waals surface area contributed by atoms with Gasteiger partial charge in [0, 0.05) is 11.6 Å². The summed E-state index contributed by atoms with van der Waals surface area (Å²) in [6.45, 7) is 3.16. The lowest BCUT2D eigenvalue weighted by Crippen LogP contribution is -2.50. The van der Waals surface area contributed by atoms with E-state index in [9.17, 15) is 20.0 Å². The second-order valence-corrected chi connectivity index (χ2v) is 4.99. The maximum absolute atomic E-state index is 10.9. The van der Waals surface area contributed by atoms with Gasteiger partial charge in [0.25, 0.3) is 5.69 Å². The van der Waals surface area contributed by atoms with Gasteiger partial charge in [0.05, 0.1) is 11.0 Å². The van der Waals surface area contributed by atoms with E-state index in [4.69, 9.17) is 15.2 Å². The Morgan fingerprint density at radius 3 is 2.75 bits per heavy atom. The third-order valence-electron chi connectivity index (χ3n) is 3.13. The molecule has 1 aliphatic heterocycles. The summed E-state index contributed by atoms with van der Waals surface area (Å²) in [4.78, 5) is 21.2. The molecule has 2 atom stereocenters. The molecule has 0 saturated carbocycles. The molecule has 0 bridgehead atoms. The summed E-state index contributed by atoms with van der Waals surface area (Å²) in [5, 5.41) is 20.9. The van der Waals surface area contributed by atoms with Crippen LogP contribution in [0.4, 0.5) is 10.5 Å². The molecule has 0 spiro atoms. The van der Waals surface area contributed by atoms with Gasteiger partial charge in [-0.1, -0.05) is 0 Å². The van der Waals surface area contributed by atoms with Crippen LogP contribution < -0.4 is 10.5 Å². The molecule has 8 nitrogen and oxygen atoms in total. The summed E-state index contributed by atoms with van der Waals surface area (Å²) in [6.07, 6.45) is -3.23. The van der Waals surface area contributed by atoms with Gasteiger partial charge < -0.3 is 20.3 Å². The van der Waals surface area contributed by atoms with Crippen molar-refractivity contribution in [2.24, 2.45) is 5.73 Å². The minimum Gasteiger partial charge on any atom is -0.484 e. The number of nitrogens with two attached hydrogens (primary N) is 1. The Balaban J connectivity index is 2.51. The van der Waals surface area contributed by atoms with E-state index in [2.05, 4.69) is 0 Å². The number of benzene rings is 1. The molecule has 0 aromatic heterocycles. The molecule has 108 valence electrons. The number of hydrogen-bond acceptors (Lipinski definition) is 6. The van der Waals surface area contributed by atoms with Gasteiger partial charge in [-0.25, -0.2) is 4.79 Å². The maximum Gasteiger partial charge on any atom is 0.405 e. The van der Waals surface area contributed by atoms with Gasteiger partial charge >= 0.3 is 6.09 Å². The van der Waals surface area contributed by atoms with Crippen molar-refractivity contribution in [2.75, 3.05) is 0 Å². The first-order valence-corrected chi connectivity index (χ1v) is 5.84. The zero-order valence-corrected chi connectivity index (χ0v) is 10.9. The van der Waals surface area contributed by atoms with Gasteiger partial charge in [-0.3, -0.25) is 10.1 Å². The number of nitrogens with zero attached hydrogens (tertiary/aromatic N) is 1. The molecule has 0 saturated heterocycles. The minimum absolute atomic E-state index is 0.159. The fourth-order valence-electron chi connectivity index (χ4n) is 2.09. The number of aliphatic hydroxyl groups excluding tert-OH is 1. The van der Waals surface area contributed by atoms with Crippen molar-refractivity contribution in [1.82, 2.24) is 0 Å². The van der Waals surface area contributed by atoms with Crippen LogP contribution in [0.15, 0.2) is 18.2 Å². The molecule has 0 aliphatic carbocycles. The Labute approximate surface area is 114 Å². The highest BCUT2D eigenvalue weighted by Gasteiger charge is 2.45. The number of nitro benzene ring substituents is 1. The lowest BCUT2D eigenvalue weighted by Gasteiger charge is -2.40. The first-order valence-electron chi connectivity index (χ1n) is 5.84. The molecular weight excluding hydrogens is 268 g/mol. The van der Waals surface area contributed by atoms with Gasteiger partial charge in [-0.05, 0) is 19.9 Å². The first kappa shape index (κ1) is 14.1. The molecule has 0 radical (unpaired) electrons. The number of ether oxygens (including phenoxy) is 2. The maximum atomic E-state index is 10.9. The van der Waals surface area contributed by atoms with Crippen molar-refractivity contribution in [2.45, 2.75) is 31.7 Å². The highest BCUT2D eigenvalue weighted by molar-refractivity contribution is 5.65. The molecule has 8 heteroatoms. The third-order valence-corrected chi connectivity index (χ3v) is 3.13. The van der Waals surface area contributed by atoms with Gasteiger partial charge in [0.15, 0.2) is 6.10 Å². The van der Waals surface area contributed by atoms with Crippen molar-refractivity contribution >= 4 is 11.8 Å². The fourth-order valence-corrected chi connectivity index (χ4v) is 2.09. The summed E-state index contributed by atoms with van der Waals surface area (Å²) in [5.41, 5.74) is 4.08. The number of hydrogen-bond donors (Lipinski definition) is 2. The molecule has 3 N–H and O–H groups in total. The van der Waals surface area contributed by atoms with Gasteiger partial charge in [-0.15, -0.1) is 0 Å². The normalized spacial score (nSPS) is 23.4. The quantitative estimate of drug-likeness (QED) is 0.621. The molecule has 0 unspecified atom stereocenters. The predicted molar refractivity (Wildman–Crippen MR) is 67.2 cm³/mol. The number of fused-ring (bicyclic) bond motifs is 1. The van der Waals surface area contributed by atoms with Crippen LogP contribution in [0.1, 0.15) is 25.5 Å². The van der Waals surface area contributed by atoms with Crippen molar-refractivity contribution in [3.05, 3.63) is 33.9 Å². The number of carbonyl (C=O) groups excluding carboxylic acids is 1. The van der Waals surface area contributed by atoms with Crippen LogP contribution in [0.2, 0.25) is 0 Å². The van der Waals surface area contributed by atoms with Crippen molar-refractivity contribution < 1.29 is 24.3 Å². The van der Waals surface area contributed by atoms with Crippen LogP contribution >= 0.6 is 0 Å². The Bertz CT molecular complexity index is 571. The molecule has 1 aromatic rings. The van der Waals surface area contributed by atoms with Gasteiger partial charge in [0.1, 0.15) is 17.5 Å². The largest absolute Gasteiger partial charge is 0.484 e. The molecule has 2 rings (SSSR count). The number of rotatable bonds is 2. The molecule has 1 heterocycles. The minimum atomic E-state index is -1.15. The first-order chi connectivity index (χ1) is 9.22. The Hall–Kier alpha value is -2.35. The average molecular weight is 282 g/mol. The van der Waals surface area contributed by atoms with Crippen LogP contribution in [0.25, 0.3) is 0 Å². The van der Waals surface area contributed by atoms with E-state index >= 15 is 0 Å². The summed E-state index contributed by atoms with van der Waals surface area (Å²) >= 11 is 0. The fraction of sp³-hybridized carbons (Fsp3) is 0.417. The van der Waals surface area contributed by atoms with Gasteiger partial charge in [0.2, 0.25) is 0 Å². The third kappa shape index (κ3) is 2.37. The summed E-state index contributed by atoms with van der Waals surface area (Å²) in [7, 11) is 0. The monoisotopic (exact) mass is 282 g/mol. The molecule has 1 aliphatic rings. The Morgan fingerprint density at radius 1 is 1.55 bits per heavy atom. The number of amides is 1. The van der Waals surface area contributed by atoms with Crippen molar-refractivity contribution in [3.8, 4) is 5.75 Å². The summed E-state index contributed by atoms with van der Waals surface area (Å²) in [6, 6.07) is 3.84. The molecule has 20 heavy (non-hydrogen) atoms. The summed E-state index contributed by atoms with van der Waals surface area (Å²) in [5.74, 6) is 0.181. The number of primary amides is 1. The second-order valence-electron chi connectivity index (χ2n) is 4.99. The van der Waals surface area contributed by atoms with Crippen LogP contribution in [0.3, 0.4) is 0 Å². The highest BCUT2D eigenvalue weighted by atomic mass is 16.6. The number of non-ortho nitro benzene ring substituents is 1. The van der Waals surface area contributed by atoms with Crippen LogP contribution in [0.5, 0.6) is 5.75 Å². The molecule has 1 aromatic carbocycles. The average Bonchev–Trinajstić information content (AvgIpc) is 2.33. The lowest BCUT2D eigenvalue weighted by molar-refractivity contribution is -0.385. The number of nitro groups is 1. The standard InChI is InChI=1S/C12H14N2O6/c1-12(2)10(15)9(19-11(13)16)7-4-3-6(14(17)18)5-8(7)20-12/h3-5,9-10,15H,1-2H3,(H2,13,16)/t9-,10+/m0/s1. The van der Waals surface area contributed by atoms with E-state index in [1.807, 2.05) is 0 Å². The molecular formula is C12H14N2O6. The van der Waals surface area contributed by atoms with Crippen molar-refractivity contribution in [3.63, 3.8) is 0 Å². The SMILES string of the molecule is CC1(C)Oc2cc([N+](=O)[O-])ccc2[C@H](OC(N)=O)[C@H]1O. The predicted octanol–water partition coefficient (Wildman–Crippen LogP) is 1.26. The van der Waals surface area contributed by atoms with Crippen LogP contribution in [0, 0.1) is 10.1 Å². The Kier molecular flexibility index (Phi) is 3.26. The van der Waals surface area contributed by atoms with E-state index < -0.39 is 28.8 Å². The van der Waals surface area contributed by atoms with Crippen LogP contribution in [-0.2, 0) is 4.74 Å². The van der Waals surface area contributed by atoms with E-state index in [0.29, 0.717) is 5.56 Å². The van der Waals surface area contributed by atoms with E-state index in [1.165, 1.54) is 18.2 Å². The highest BCUT2D eigenvalue weighted by Crippen LogP contribution is 2.43. The number of carbonyl (C=O) groups is 1.